The number of ether oxygens (including phenoxy) is 1. The Hall–Kier alpha value is -1.79. The monoisotopic (exact) mass is 370 g/mol. The number of carboxylic acid groups (broad SMARTS) is 1. The second kappa shape index (κ2) is 9.78. The number of aliphatic carboxylic acids is 1. The van der Waals surface area contributed by atoms with Crippen LogP contribution in [0.25, 0.3) is 0 Å². The fraction of sp³-hybridized carbons (Fsp3) is 0.842. The molecule has 2 amide bonds. The molecule has 0 saturated heterocycles. The molecule has 0 aromatic rings. The van der Waals surface area contributed by atoms with Crippen molar-refractivity contribution in [1.29, 1.82) is 0 Å². The van der Waals surface area contributed by atoms with Gasteiger partial charge in [0.25, 0.3) is 0 Å². The molecule has 150 valence electrons. The van der Waals surface area contributed by atoms with Gasteiger partial charge >= 0.3 is 12.1 Å². The minimum Gasteiger partial charge on any atom is -0.481 e. The quantitative estimate of drug-likeness (QED) is 0.639. The van der Waals surface area contributed by atoms with Crippen LogP contribution in [0.1, 0.15) is 66.7 Å². The molecule has 7 nitrogen and oxygen atoms in total. The molecule has 0 heterocycles. The minimum absolute atomic E-state index is 0.0229. The van der Waals surface area contributed by atoms with Gasteiger partial charge in [0.1, 0.15) is 11.6 Å². The van der Waals surface area contributed by atoms with Crippen molar-refractivity contribution in [2.75, 3.05) is 6.54 Å². The Morgan fingerprint density at radius 1 is 1.15 bits per heavy atom. The summed E-state index contributed by atoms with van der Waals surface area (Å²) in [6, 6.07) is -0.648. The van der Waals surface area contributed by atoms with Crippen LogP contribution in [0.2, 0.25) is 0 Å². The number of hydrogen-bond acceptors (Lipinski definition) is 4. The Labute approximate surface area is 156 Å². The SMILES string of the molecule is CC[C@H](C)[C@H](NC(=O)OC(C)(C)C)C(=O)NCC1CCC(C(=O)O)CC1. The predicted molar refractivity (Wildman–Crippen MR) is 98.7 cm³/mol. The molecular weight excluding hydrogens is 336 g/mol. The Balaban J connectivity index is 2.53. The van der Waals surface area contributed by atoms with Crippen molar-refractivity contribution in [2.45, 2.75) is 78.4 Å². The molecule has 3 N–H and O–H groups in total. The predicted octanol–water partition coefficient (Wildman–Crippen LogP) is 2.93. The van der Waals surface area contributed by atoms with Crippen LogP contribution in [-0.2, 0) is 14.3 Å². The van der Waals surface area contributed by atoms with Gasteiger partial charge in [0.2, 0.25) is 5.91 Å². The third kappa shape index (κ3) is 7.62. The summed E-state index contributed by atoms with van der Waals surface area (Å²) in [5.41, 5.74) is -0.622. The van der Waals surface area contributed by atoms with E-state index in [0.29, 0.717) is 19.4 Å². The largest absolute Gasteiger partial charge is 0.481 e. The molecule has 1 aliphatic carbocycles. The van der Waals surface area contributed by atoms with Crippen molar-refractivity contribution >= 4 is 18.0 Å². The molecule has 2 atom stereocenters. The third-order valence-corrected chi connectivity index (χ3v) is 4.93. The first kappa shape index (κ1) is 22.3. The molecule has 0 spiro atoms. The highest BCUT2D eigenvalue weighted by Crippen LogP contribution is 2.28. The van der Waals surface area contributed by atoms with Gasteiger partial charge in [-0.25, -0.2) is 4.79 Å². The normalized spacial score (nSPS) is 22.8. The summed E-state index contributed by atoms with van der Waals surface area (Å²) < 4.78 is 5.26. The summed E-state index contributed by atoms with van der Waals surface area (Å²) in [6.07, 6.45) is 3.05. The number of amides is 2. The summed E-state index contributed by atoms with van der Waals surface area (Å²) in [5, 5.41) is 14.7. The third-order valence-electron chi connectivity index (χ3n) is 4.93. The highest BCUT2D eigenvalue weighted by atomic mass is 16.6. The molecule has 0 unspecified atom stereocenters. The minimum atomic E-state index is -0.731. The Morgan fingerprint density at radius 3 is 2.19 bits per heavy atom. The van der Waals surface area contributed by atoms with Gasteiger partial charge in [-0.15, -0.1) is 0 Å². The lowest BCUT2D eigenvalue weighted by atomic mass is 9.82. The molecule has 1 fully saturated rings. The second-order valence-electron chi connectivity index (χ2n) is 8.31. The van der Waals surface area contributed by atoms with Gasteiger partial charge < -0.3 is 20.5 Å². The van der Waals surface area contributed by atoms with Crippen LogP contribution in [0, 0.1) is 17.8 Å². The van der Waals surface area contributed by atoms with Crippen molar-refractivity contribution in [3.05, 3.63) is 0 Å². The van der Waals surface area contributed by atoms with Gasteiger partial charge in [-0.3, -0.25) is 9.59 Å². The number of nitrogens with one attached hydrogen (secondary N) is 2. The molecule has 1 saturated carbocycles. The smallest absolute Gasteiger partial charge is 0.408 e. The number of carbonyl (C=O) groups is 3. The molecule has 0 aromatic carbocycles. The van der Waals surface area contributed by atoms with E-state index in [9.17, 15) is 14.4 Å². The Morgan fingerprint density at radius 2 is 1.73 bits per heavy atom. The van der Waals surface area contributed by atoms with E-state index < -0.39 is 23.7 Å². The summed E-state index contributed by atoms with van der Waals surface area (Å²) in [4.78, 5) is 35.6. The number of rotatable bonds is 7. The van der Waals surface area contributed by atoms with E-state index in [2.05, 4.69) is 10.6 Å². The number of hydrogen-bond donors (Lipinski definition) is 3. The van der Waals surface area contributed by atoms with E-state index in [1.165, 1.54) is 0 Å². The molecule has 0 bridgehead atoms. The van der Waals surface area contributed by atoms with Crippen LogP contribution in [-0.4, -0.2) is 41.3 Å². The van der Waals surface area contributed by atoms with Crippen LogP contribution in [0.5, 0.6) is 0 Å². The lowest BCUT2D eigenvalue weighted by Crippen LogP contribution is -2.52. The number of carboxylic acids is 1. The first-order valence-electron chi connectivity index (χ1n) is 9.53. The second-order valence-corrected chi connectivity index (χ2v) is 8.31. The van der Waals surface area contributed by atoms with Crippen molar-refractivity contribution in [3.63, 3.8) is 0 Å². The van der Waals surface area contributed by atoms with Gasteiger partial charge in [0.05, 0.1) is 5.92 Å². The van der Waals surface area contributed by atoms with Crippen LogP contribution < -0.4 is 10.6 Å². The van der Waals surface area contributed by atoms with E-state index in [0.717, 1.165) is 19.3 Å². The molecule has 0 radical (unpaired) electrons. The highest BCUT2D eigenvalue weighted by Gasteiger charge is 2.30. The molecule has 1 aliphatic rings. The summed E-state index contributed by atoms with van der Waals surface area (Å²) in [7, 11) is 0. The van der Waals surface area contributed by atoms with E-state index >= 15 is 0 Å². The van der Waals surface area contributed by atoms with E-state index in [4.69, 9.17) is 9.84 Å². The van der Waals surface area contributed by atoms with Crippen LogP contribution >= 0.6 is 0 Å². The van der Waals surface area contributed by atoms with Crippen molar-refractivity contribution in [2.24, 2.45) is 17.8 Å². The maximum atomic E-state index is 12.6. The Kier molecular flexibility index (Phi) is 8.37. The van der Waals surface area contributed by atoms with E-state index in [1.807, 2.05) is 13.8 Å². The maximum Gasteiger partial charge on any atom is 0.408 e. The van der Waals surface area contributed by atoms with Gasteiger partial charge in [-0.1, -0.05) is 20.3 Å². The zero-order valence-corrected chi connectivity index (χ0v) is 16.6. The fourth-order valence-corrected chi connectivity index (χ4v) is 3.10. The van der Waals surface area contributed by atoms with Crippen molar-refractivity contribution in [3.8, 4) is 0 Å². The first-order chi connectivity index (χ1) is 12.0. The number of alkyl carbamates (subject to hydrolysis) is 1. The van der Waals surface area contributed by atoms with Crippen LogP contribution in [0.4, 0.5) is 4.79 Å². The van der Waals surface area contributed by atoms with Gasteiger partial charge in [-0.2, -0.15) is 0 Å². The topological polar surface area (TPSA) is 105 Å². The van der Waals surface area contributed by atoms with Crippen LogP contribution in [0.3, 0.4) is 0 Å². The molecule has 26 heavy (non-hydrogen) atoms. The highest BCUT2D eigenvalue weighted by molar-refractivity contribution is 5.86. The van der Waals surface area contributed by atoms with Gasteiger partial charge in [0.15, 0.2) is 0 Å². The lowest BCUT2D eigenvalue weighted by Gasteiger charge is -2.29. The van der Waals surface area contributed by atoms with Crippen molar-refractivity contribution < 1.29 is 24.2 Å². The first-order valence-corrected chi connectivity index (χ1v) is 9.53. The average molecular weight is 370 g/mol. The van der Waals surface area contributed by atoms with E-state index in [-0.39, 0.29) is 23.7 Å². The summed E-state index contributed by atoms with van der Waals surface area (Å²) in [6.45, 7) is 9.72. The lowest BCUT2D eigenvalue weighted by molar-refractivity contribution is -0.143. The maximum absolute atomic E-state index is 12.6. The molecule has 0 aliphatic heterocycles. The fourth-order valence-electron chi connectivity index (χ4n) is 3.10. The van der Waals surface area contributed by atoms with Crippen LogP contribution in [0.15, 0.2) is 0 Å². The molecule has 0 aromatic heterocycles. The number of carbonyl (C=O) groups excluding carboxylic acids is 2. The zero-order chi connectivity index (χ0) is 19.9. The molecule has 1 rings (SSSR count). The molecule has 7 heteroatoms. The molecular formula is C19H34N2O5. The van der Waals surface area contributed by atoms with E-state index in [1.54, 1.807) is 20.8 Å². The van der Waals surface area contributed by atoms with Gasteiger partial charge in [-0.05, 0) is 58.3 Å². The zero-order valence-electron chi connectivity index (χ0n) is 16.6. The van der Waals surface area contributed by atoms with Gasteiger partial charge in [0, 0.05) is 6.54 Å². The standard InChI is InChI=1S/C19H34N2O5/c1-6-12(2)15(21-18(25)26-19(3,4)5)16(22)20-11-13-7-9-14(10-8-13)17(23)24/h12-15H,6-11H2,1-5H3,(H,20,22)(H,21,25)(H,23,24)/t12-,13?,14?,15-/m0/s1. The summed E-state index contributed by atoms with van der Waals surface area (Å²) >= 11 is 0. The van der Waals surface area contributed by atoms with Crippen molar-refractivity contribution in [1.82, 2.24) is 10.6 Å². The average Bonchev–Trinajstić information content (AvgIpc) is 2.55. The Bertz CT molecular complexity index is 493. The summed E-state index contributed by atoms with van der Waals surface area (Å²) in [5.74, 6) is -0.945.